The zero-order chi connectivity index (χ0) is 16.9. The standard InChI is InChI=1S/C16H12ClFN2O2S/c17-14-5-1-12(2-6-14)9-16(10-19)23(21,22)20-11-13-3-7-15(18)8-4-13/h1-9,20H,11H2. The number of allylic oxidation sites excluding steroid dienone is 1. The van der Waals surface area contributed by atoms with Crippen LogP contribution in [0.5, 0.6) is 0 Å². The molecule has 0 bridgehead atoms. The molecule has 0 radical (unpaired) electrons. The van der Waals surface area contributed by atoms with Crippen molar-refractivity contribution in [1.29, 1.82) is 5.26 Å². The maximum absolute atomic E-state index is 12.8. The molecule has 118 valence electrons. The number of nitrogens with zero attached hydrogens (tertiary/aromatic N) is 1. The first-order valence-corrected chi connectivity index (χ1v) is 8.38. The van der Waals surface area contributed by atoms with Gasteiger partial charge in [-0.2, -0.15) is 5.26 Å². The molecule has 0 atom stereocenters. The van der Waals surface area contributed by atoms with Crippen molar-refractivity contribution in [2.75, 3.05) is 0 Å². The van der Waals surface area contributed by atoms with Crippen LogP contribution in [0.4, 0.5) is 4.39 Å². The molecule has 0 heterocycles. The van der Waals surface area contributed by atoms with Gasteiger partial charge in [-0.05, 0) is 41.5 Å². The van der Waals surface area contributed by atoms with Crippen LogP contribution >= 0.6 is 11.6 Å². The largest absolute Gasteiger partial charge is 0.251 e. The van der Waals surface area contributed by atoms with Gasteiger partial charge < -0.3 is 0 Å². The maximum Gasteiger partial charge on any atom is 0.251 e. The van der Waals surface area contributed by atoms with E-state index in [1.807, 2.05) is 0 Å². The van der Waals surface area contributed by atoms with E-state index in [9.17, 15) is 12.8 Å². The van der Waals surface area contributed by atoms with Gasteiger partial charge in [0.15, 0.2) is 4.91 Å². The van der Waals surface area contributed by atoms with Crippen LogP contribution in [0, 0.1) is 17.1 Å². The highest BCUT2D eigenvalue weighted by Crippen LogP contribution is 2.15. The van der Waals surface area contributed by atoms with Crippen LogP contribution in [-0.2, 0) is 16.6 Å². The van der Waals surface area contributed by atoms with Crippen molar-refractivity contribution in [3.63, 3.8) is 0 Å². The Labute approximate surface area is 138 Å². The molecule has 0 saturated carbocycles. The van der Waals surface area contributed by atoms with Crippen LogP contribution in [0.1, 0.15) is 11.1 Å². The minimum Gasteiger partial charge on any atom is -0.207 e. The average molecular weight is 351 g/mol. The molecule has 23 heavy (non-hydrogen) atoms. The molecule has 0 unspecified atom stereocenters. The van der Waals surface area contributed by atoms with Crippen molar-refractivity contribution in [3.05, 3.63) is 75.4 Å². The SMILES string of the molecule is N#CC(=Cc1ccc(Cl)cc1)S(=O)(=O)NCc1ccc(F)cc1. The Balaban J connectivity index is 2.17. The van der Waals surface area contributed by atoms with Crippen molar-refractivity contribution in [2.45, 2.75) is 6.54 Å². The summed E-state index contributed by atoms with van der Waals surface area (Å²) in [5.74, 6) is -0.406. The maximum atomic E-state index is 12.8. The van der Waals surface area contributed by atoms with Gasteiger partial charge in [0, 0.05) is 11.6 Å². The lowest BCUT2D eigenvalue weighted by Crippen LogP contribution is -2.24. The molecular formula is C16H12ClFN2O2S. The van der Waals surface area contributed by atoms with Gasteiger partial charge in [-0.25, -0.2) is 17.5 Å². The van der Waals surface area contributed by atoms with E-state index < -0.39 is 20.7 Å². The van der Waals surface area contributed by atoms with E-state index in [1.165, 1.54) is 30.3 Å². The second-order valence-corrected chi connectivity index (χ2v) is 6.79. The molecule has 0 aromatic heterocycles. The summed E-state index contributed by atoms with van der Waals surface area (Å²) in [6, 6.07) is 13.5. The average Bonchev–Trinajstić information content (AvgIpc) is 2.53. The van der Waals surface area contributed by atoms with Crippen LogP contribution in [0.3, 0.4) is 0 Å². The summed E-state index contributed by atoms with van der Waals surface area (Å²) < 4.78 is 39.5. The predicted octanol–water partition coefficient (Wildman–Crippen LogP) is 3.46. The molecule has 0 saturated heterocycles. The Morgan fingerprint density at radius 2 is 1.78 bits per heavy atom. The molecule has 1 N–H and O–H groups in total. The third-order valence-corrected chi connectivity index (χ3v) is 4.51. The van der Waals surface area contributed by atoms with E-state index in [4.69, 9.17) is 16.9 Å². The van der Waals surface area contributed by atoms with Gasteiger partial charge in [0.1, 0.15) is 11.9 Å². The topological polar surface area (TPSA) is 70.0 Å². The zero-order valence-electron chi connectivity index (χ0n) is 11.8. The van der Waals surface area contributed by atoms with E-state index in [2.05, 4.69) is 4.72 Å². The fraction of sp³-hybridized carbons (Fsp3) is 0.0625. The highest BCUT2D eigenvalue weighted by molar-refractivity contribution is 7.93. The predicted molar refractivity (Wildman–Crippen MR) is 87.2 cm³/mol. The first-order chi connectivity index (χ1) is 10.9. The van der Waals surface area contributed by atoms with Crippen molar-refractivity contribution >= 4 is 27.7 Å². The molecule has 0 fully saturated rings. The fourth-order valence-electron chi connectivity index (χ4n) is 1.74. The highest BCUT2D eigenvalue weighted by Gasteiger charge is 2.17. The van der Waals surface area contributed by atoms with E-state index in [1.54, 1.807) is 30.3 Å². The third-order valence-electron chi connectivity index (χ3n) is 2.95. The Morgan fingerprint density at radius 1 is 1.17 bits per heavy atom. The molecule has 4 nitrogen and oxygen atoms in total. The summed E-state index contributed by atoms with van der Waals surface area (Å²) >= 11 is 5.76. The fourth-order valence-corrected chi connectivity index (χ4v) is 2.79. The third kappa shape index (κ3) is 4.89. The van der Waals surface area contributed by atoms with Crippen molar-refractivity contribution < 1.29 is 12.8 Å². The number of rotatable bonds is 5. The van der Waals surface area contributed by atoms with E-state index in [-0.39, 0.29) is 6.54 Å². The van der Waals surface area contributed by atoms with Gasteiger partial charge in [0.25, 0.3) is 10.0 Å². The Kier molecular flexibility index (Phi) is 5.50. The molecule has 0 aliphatic rings. The lowest BCUT2D eigenvalue weighted by Gasteiger charge is -2.06. The van der Waals surface area contributed by atoms with Gasteiger partial charge in [-0.3, -0.25) is 0 Å². The first kappa shape index (κ1) is 17.2. The molecule has 2 rings (SSSR count). The Morgan fingerprint density at radius 3 is 2.35 bits per heavy atom. The summed E-state index contributed by atoms with van der Waals surface area (Å²) in [6.45, 7) is -0.0394. The quantitative estimate of drug-likeness (QED) is 0.839. The molecule has 2 aromatic rings. The van der Waals surface area contributed by atoms with Gasteiger partial charge in [0.2, 0.25) is 0 Å². The van der Waals surface area contributed by atoms with Crippen molar-refractivity contribution in [1.82, 2.24) is 4.72 Å². The van der Waals surface area contributed by atoms with Gasteiger partial charge >= 0.3 is 0 Å². The normalized spacial score (nSPS) is 12.0. The molecular weight excluding hydrogens is 339 g/mol. The monoisotopic (exact) mass is 350 g/mol. The summed E-state index contributed by atoms with van der Waals surface area (Å²) in [5, 5.41) is 9.61. The number of nitriles is 1. The van der Waals surface area contributed by atoms with E-state index >= 15 is 0 Å². The number of sulfonamides is 1. The zero-order valence-corrected chi connectivity index (χ0v) is 13.4. The van der Waals surface area contributed by atoms with Crippen LogP contribution < -0.4 is 4.72 Å². The lowest BCUT2D eigenvalue weighted by atomic mass is 10.2. The molecule has 7 heteroatoms. The van der Waals surface area contributed by atoms with Crippen LogP contribution in [-0.4, -0.2) is 8.42 Å². The van der Waals surface area contributed by atoms with Gasteiger partial charge in [-0.1, -0.05) is 35.9 Å². The van der Waals surface area contributed by atoms with Crippen molar-refractivity contribution in [3.8, 4) is 6.07 Å². The van der Waals surface area contributed by atoms with E-state index in [0.29, 0.717) is 16.1 Å². The minimum absolute atomic E-state index is 0.0394. The number of hydrogen-bond acceptors (Lipinski definition) is 3. The smallest absolute Gasteiger partial charge is 0.207 e. The van der Waals surface area contributed by atoms with Gasteiger partial charge in [0.05, 0.1) is 0 Å². The minimum atomic E-state index is -3.97. The number of nitrogens with one attached hydrogen (secondary N) is 1. The molecule has 2 aromatic carbocycles. The first-order valence-electron chi connectivity index (χ1n) is 6.52. The summed E-state index contributed by atoms with van der Waals surface area (Å²) in [7, 11) is -3.97. The summed E-state index contributed by atoms with van der Waals surface area (Å²) in [5.41, 5.74) is 1.12. The molecule has 0 spiro atoms. The van der Waals surface area contributed by atoms with Crippen LogP contribution in [0.15, 0.2) is 53.4 Å². The highest BCUT2D eigenvalue weighted by atomic mass is 35.5. The lowest BCUT2D eigenvalue weighted by molar-refractivity contribution is 0.589. The number of benzene rings is 2. The van der Waals surface area contributed by atoms with Crippen LogP contribution in [0.2, 0.25) is 5.02 Å². The summed E-state index contributed by atoms with van der Waals surface area (Å²) in [4.78, 5) is -0.415. The van der Waals surface area contributed by atoms with Gasteiger partial charge in [-0.15, -0.1) is 0 Å². The summed E-state index contributed by atoms with van der Waals surface area (Å²) in [6.07, 6.45) is 1.25. The molecule has 0 aliphatic carbocycles. The van der Waals surface area contributed by atoms with Crippen LogP contribution in [0.25, 0.3) is 6.08 Å². The molecule has 0 amide bonds. The van der Waals surface area contributed by atoms with Crippen molar-refractivity contribution in [2.24, 2.45) is 0 Å². The molecule has 0 aliphatic heterocycles. The number of hydrogen-bond donors (Lipinski definition) is 1. The Hall–Kier alpha value is -2.20. The second-order valence-electron chi connectivity index (χ2n) is 4.62. The second kappa shape index (κ2) is 7.38. The number of halogens is 2. The van der Waals surface area contributed by atoms with E-state index in [0.717, 1.165) is 0 Å². The Bertz CT molecular complexity index is 854.